The number of nitrogens with zero attached hydrogens (tertiary/aromatic N) is 2. The molecule has 3 heteroatoms. The Kier molecular flexibility index (Phi) is 1.85. The van der Waals surface area contributed by atoms with Gasteiger partial charge in [0.2, 0.25) is 6.33 Å². The summed E-state index contributed by atoms with van der Waals surface area (Å²) in [7, 11) is 3.66. The van der Waals surface area contributed by atoms with Crippen LogP contribution in [0, 0.1) is 0 Å². The second-order valence-electron chi connectivity index (χ2n) is 2.01. The lowest BCUT2D eigenvalue weighted by atomic mass is 10.9. The van der Waals surface area contributed by atoms with Gasteiger partial charge in [0.1, 0.15) is 12.4 Å². The van der Waals surface area contributed by atoms with E-state index >= 15 is 0 Å². The van der Waals surface area contributed by atoms with Gasteiger partial charge in [-0.3, -0.25) is 0 Å². The van der Waals surface area contributed by atoms with Crippen molar-refractivity contribution < 1.29 is 9.30 Å². The van der Waals surface area contributed by atoms with Crippen molar-refractivity contribution in [3.05, 3.63) is 18.7 Å². The number of imidazole rings is 1. The van der Waals surface area contributed by atoms with Gasteiger partial charge in [0.05, 0.1) is 7.05 Å². The van der Waals surface area contributed by atoms with E-state index in [1.807, 2.05) is 34.9 Å². The van der Waals surface area contributed by atoms with E-state index in [0.29, 0.717) is 6.73 Å². The molecule has 0 aliphatic carbocycles. The molecule has 0 saturated heterocycles. The predicted octanol–water partition coefficient (Wildman–Crippen LogP) is -0.0835. The Morgan fingerprint density at radius 1 is 1.67 bits per heavy atom. The summed E-state index contributed by atoms with van der Waals surface area (Å²) in [6.07, 6.45) is 5.89. The highest BCUT2D eigenvalue weighted by Gasteiger charge is 1.95. The molecular formula is C6H11N2O+. The van der Waals surface area contributed by atoms with E-state index in [2.05, 4.69) is 0 Å². The third kappa shape index (κ3) is 1.54. The van der Waals surface area contributed by atoms with Crippen LogP contribution in [0.2, 0.25) is 0 Å². The third-order valence-electron chi connectivity index (χ3n) is 1.10. The van der Waals surface area contributed by atoms with Crippen LogP contribution in [-0.4, -0.2) is 11.7 Å². The van der Waals surface area contributed by atoms with E-state index in [1.54, 1.807) is 7.11 Å². The topological polar surface area (TPSA) is 18.0 Å². The molecule has 0 radical (unpaired) electrons. The van der Waals surface area contributed by atoms with Crippen LogP contribution in [0.1, 0.15) is 0 Å². The highest BCUT2D eigenvalue weighted by atomic mass is 16.5. The normalized spacial score (nSPS) is 10.0. The molecule has 0 amide bonds. The Labute approximate surface area is 54.5 Å². The maximum atomic E-state index is 4.89. The van der Waals surface area contributed by atoms with Crippen molar-refractivity contribution in [3.8, 4) is 0 Å². The number of aromatic nitrogens is 2. The average molecular weight is 127 g/mol. The molecule has 0 unspecified atom stereocenters. The Hall–Kier alpha value is -0.830. The minimum Gasteiger partial charge on any atom is -0.345 e. The first-order chi connectivity index (χ1) is 4.33. The van der Waals surface area contributed by atoms with Crippen LogP contribution >= 0.6 is 0 Å². The van der Waals surface area contributed by atoms with E-state index in [-0.39, 0.29) is 0 Å². The van der Waals surface area contributed by atoms with Crippen molar-refractivity contribution in [2.24, 2.45) is 7.05 Å². The zero-order valence-electron chi connectivity index (χ0n) is 5.74. The first-order valence-electron chi connectivity index (χ1n) is 2.83. The van der Waals surface area contributed by atoms with Crippen LogP contribution in [0.3, 0.4) is 0 Å². The lowest BCUT2D eigenvalue weighted by Crippen LogP contribution is -2.31. The summed E-state index contributed by atoms with van der Waals surface area (Å²) >= 11 is 0. The van der Waals surface area contributed by atoms with Crippen molar-refractivity contribution in [2.45, 2.75) is 6.73 Å². The van der Waals surface area contributed by atoms with E-state index in [9.17, 15) is 0 Å². The minimum atomic E-state index is 0.626. The SMILES string of the molecule is COC[n+]1ccn(C)c1. The molecule has 0 aliphatic rings. The average Bonchev–Trinajstić information content (AvgIpc) is 2.17. The first kappa shape index (κ1) is 6.29. The fourth-order valence-corrected chi connectivity index (χ4v) is 0.727. The highest BCUT2D eigenvalue weighted by Crippen LogP contribution is 1.75. The zero-order valence-corrected chi connectivity index (χ0v) is 5.74. The molecule has 0 N–H and O–H groups in total. The highest BCUT2D eigenvalue weighted by molar-refractivity contribution is 4.61. The predicted molar refractivity (Wildman–Crippen MR) is 32.6 cm³/mol. The van der Waals surface area contributed by atoms with Crippen molar-refractivity contribution in [1.82, 2.24) is 4.57 Å². The summed E-state index contributed by atoms with van der Waals surface area (Å²) in [6.45, 7) is 0.626. The molecule has 0 saturated carbocycles. The molecule has 0 spiro atoms. The first-order valence-corrected chi connectivity index (χ1v) is 2.83. The van der Waals surface area contributed by atoms with E-state index in [4.69, 9.17) is 4.74 Å². The van der Waals surface area contributed by atoms with Crippen LogP contribution in [-0.2, 0) is 18.5 Å². The van der Waals surface area contributed by atoms with Gasteiger partial charge in [-0.05, 0) is 0 Å². The zero-order chi connectivity index (χ0) is 6.69. The molecule has 1 heterocycles. The van der Waals surface area contributed by atoms with Gasteiger partial charge in [-0.2, -0.15) is 0 Å². The summed E-state index contributed by atoms with van der Waals surface area (Å²) in [5.74, 6) is 0. The molecule has 0 fully saturated rings. The Bertz CT molecular complexity index is 183. The Balaban J connectivity index is 2.61. The summed E-state index contributed by atoms with van der Waals surface area (Å²) in [6, 6.07) is 0. The minimum absolute atomic E-state index is 0.626. The summed E-state index contributed by atoms with van der Waals surface area (Å²) in [5, 5.41) is 0. The Morgan fingerprint density at radius 3 is 2.89 bits per heavy atom. The Morgan fingerprint density at radius 2 is 2.44 bits per heavy atom. The molecule has 3 nitrogen and oxygen atoms in total. The van der Waals surface area contributed by atoms with Gasteiger partial charge in [0.25, 0.3) is 0 Å². The van der Waals surface area contributed by atoms with Crippen molar-refractivity contribution in [1.29, 1.82) is 0 Å². The van der Waals surface area contributed by atoms with Gasteiger partial charge in [0, 0.05) is 7.11 Å². The number of rotatable bonds is 2. The monoisotopic (exact) mass is 127 g/mol. The molecule has 1 aromatic heterocycles. The van der Waals surface area contributed by atoms with Gasteiger partial charge in [-0.15, -0.1) is 0 Å². The molecular weight excluding hydrogens is 116 g/mol. The number of aryl methyl sites for hydroxylation is 1. The third-order valence-corrected chi connectivity index (χ3v) is 1.10. The van der Waals surface area contributed by atoms with Crippen LogP contribution in [0.4, 0.5) is 0 Å². The standard InChI is InChI=1S/C6H11N2O/c1-7-3-4-8(5-7)6-9-2/h3-5H,6H2,1-2H3/q+1. The van der Waals surface area contributed by atoms with Crippen LogP contribution in [0.25, 0.3) is 0 Å². The van der Waals surface area contributed by atoms with E-state index in [1.165, 1.54) is 0 Å². The maximum Gasteiger partial charge on any atom is 0.245 e. The van der Waals surface area contributed by atoms with Gasteiger partial charge in [-0.1, -0.05) is 0 Å². The summed E-state index contributed by atoms with van der Waals surface area (Å²) < 4.78 is 8.82. The number of methoxy groups -OCH3 is 1. The molecule has 0 aromatic carbocycles. The van der Waals surface area contributed by atoms with Gasteiger partial charge in [-0.25, -0.2) is 9.13 Å². The smallest absolute Gasteiger partial charge is 0.245 e. The molecule has 1 aromatic rings. The molecule has 0 atom stereocenters. The second-order valence-corrected chi connectivity index (χ2v) is 2.01. The fraction of sp³-hybridized carbons (Fsp3) is 0.500. The summed E-state index contributed by atoms with van der Waals surface area (Å²) in [4.78, 5) is 0. The lowest BCUT2D eigenvalue weighted by molar-refractivity contribution is -0.730. The van der Waals surface area contributed by atoms with Crippen LogP contribution < -0.4 is 4.57 Å². The largest absolute Gasteiger partial charge is 0.345 e. The van der Waals surface area contributed by atoms with Crippen LogP contribution in [0.15, 0.2) is 18.7 Å². The number of hydrogen-bond donors (Lipinski definition) is 0. The maximum absolute atomic E-state index is 4.89. The number of ether oxygens (including phenoxy) is 1. The molecule has 0 bridgehead atoms. The van der Waals surface area contributed by atoms with E-state index < -0.39 is 0 Å². The van der Waals surface area contributed by atoms with Crippen LogP contribution in [0.5, 0.6) is 0 Å². The quantitative estimate of drug-likeness (QED) is 0.508. The molecule has 9 heavy (non-hydrogen) atoms. The lowest BCUT2D eigenvalue weighted by Gasteiger charge is -1.88. The van der Waals surface area contributed by atoms with Gasteiger partial charge in [0.15, 0.2) is 6.73 Å². The van der Waals surface area contributed by atoms with Gasteiger partial charge >= 0.3 is 0 Å². The van der Waals surface area contributed by atoms with Crippen molar-refractivity contribution in [3.63, 3.8) is 0 Å². The molecule has 1 rings (SSSR count). The fourth-order valence-electron chi connectivity index (χ4n) is 0.727. The molecule has 50 valence electrons. The van der Waals surface area contributed by atoms with Gasteiger partial charge < -0.3 is 4.74 Å². The number of hydrogen-bond acceptors (Lipinski definition) is 1. The van der Waals surface area contributed by atoms with Crippen molar-refractivity contribution >= 4 is 0 Å². The second kappa shape index (κ2) is 2.64. The van der Waals surface area contributed by atoms with Crippen molar-refractivity contribution in [2.75, 3.05) is 7.11 Å². The molecule has 0 aliphatic heterocycles. The van der Waals surface area contributed by atoms with E-state index in [0.717, 1.165) is 0 Å². The summed E-state index contributed by atoms with van der Waals surface area (Å²) in [5.41, 5.74) is 0.